The second-order valence-electron chi connectivity index (χ2n) is 11.9. The van der Waals surface area contributed by atoms with Crippen molar-refractivity contribution in [3.05, 3.63) is 35.7 Å². The van der Waals surface area contributed by atoms with Gasteiger partial charge in [0, 0.05) is 6.04 Å². The Labute approximate surface area is 234 Å². The van der Waals surface area contributed by atoms with E-state index in [9.17, 15) is 4.79 Å². The molecule has 0 bridgehead atoms. The van der Waals surface area contributed by atoms with E-state index in [0.29, 0.717) is 30.3 Å². The third-order valence-corrected chi connectivity index (χ3v) is 8.76. The quantitative estimate of drug-likeness (QED) is 0.178. The van der Waals surface area contributed by atoms with Gasteiger partial charge in [-0.1, -0.05) is 84.7 Å². The van der Waals surface area contributed by atoms with Crippen molar-refractivity contribution < 1.29 is 14.3 Å². The molecule has 1 aliphatic rings. The van der Waals surface area contributed by atoms with Gasteiger partial charge in [0.05, 0.1) is 5.75 Å². The topological polar surface area (TPSA) is 66.2 Å². The molecule has 0 radical (unpaired) electrons. The van der Waals surface area contributed by atoms with Crippen LogP contribution in [0.5, 0.6) is 5.75 Å². The molecule has 0 unspecified atom stereocenters. The van der Waals surface area contributed by atoms with E-state index < -0.39 is 0 Å². The second kappa shape index (κ2) is 14.9. The highest BCUT2D eigenvalue weighted by Gasteiger charge is 2.33. The Kier molecular flexibility index (Phi) is 12.0. The molecule has 38 heavy (non-hydrogen) atoms. The minimum atomic E-state index is -0.157. The van der Waals surface area contributed by atoms with Crippen LogP contribution in [0.3, 0.4) is 0 Å². The molecule has 1 aliphatic carbocycles. The van der Waals surface area contributed by atoms with E-state index in [4.69, 9.17) is 9.47 Å². The summed E-state index contributed by atoms with van der Waals surface area (Å²) in [5.74, 6) is 3.94. The molecule has 0 aliphatic heterocycles. The summed E-state index contributed by atoms with van der Waals surface area (Å²) in [6.07, 6.45) is 7.69. The minimum absolute atomic E-state index is 0.0164. The molecule has 0 saturated heterocycles. The highest BCUT2D eigenvalue weighted by Crippen LogP contribution is 2.36. The van der Waals surface area contributed by atoms with Crippen LogP contribution in [-0.2, 0) is 22.6 Å². The molecule has 6 nitrogen and oxygen atoms in total. The van der Waals surface area contributed by atoms with Crippen molar-refractivity contribution in [2.75, 3.05) is 5.75 Å². The number of hydrogen-bond acceptors (Lipinski definition) is 6. The van der Waals surface area contributed by atoms with Gasteiger partial charge in [-0.15, -0.1) is 10.2 Å². The Morgan fingerprint density at radius 2 is 1.82 bits per heavy atom. The van der Waals surface area contributed by atoms with Crippen LogP contribution < -0.4 is 4.74 Å². The molecular formula is C31H49N3O3S. The summed E-state index contributed by atoms with van der Waals surface area (Å²) in [6.45, 7) is 16.0. The summed E-state index contributed by atoms with van der Waals surface area (Å²) in [5.41, 5.74) is 1.28. The van der Waals surface area contributed by atoms with Crippen LogP contribution in [0.15, 0.2) is 29.4 Å². The smallest absolute Gasteiger partial charge is 0.316 e. The van der Waals surface area contributed by atoms with Crippen LogP contribution in [-0.4, -0.2) is 32.6 Å². The van der Waals surface area contributed by atoms with Gasteiger partial charge < -0.3 is 14.0 Å². The number of benzene rings is 1. The van der Waals surface area contributed by atoms with Gasteiger partial charge in [-0.3, -0.25) is 4.79 Å². The average molecular weight is 544 g/mol. The summed E-state index contributed by atoms with van der Waals surface area (Å²) < 4.78 is 14.3. The third-order valence-electron chi connectivity index (χ3n) is 7.84. The maximum atomic E-state index is 12.9. The Morgan fingerprint density at radius 1 is 1.08 bits per heavy atom. The number of carbonyl (C=O) groups is 1. The fourth-order valence-corrected chi connectivity index (χ4v) is 6.28. The van der Waals surface area contributed by atoms with Crippen LogP contribution in [0.25, 0.3) is 0 Å². The first-order valence-corrected chi connectivity index (χ1v) is 15.6. The SMILES string of the molecule is CCc1ccc(OCc2nnc(SCC(=O)O[C@@H]3C[C@H](C)CC[C@H]3C(C)C)n2[C@@H](C)CCCC(C)C)cc1. The molecule has 0 N–H and O–H groups in total. The summed E-state index contributed by atoms with van der Waals surface area (Å²) in [7, 11) is 0. The van der Waals surface area contributed by atoms with Crippen LogP contribution >= 0.6 is 11.8 Å². The van der Waals surface area contributed by atoms with Gasteiger partial charge >= 0.3 is 5.97 Å². The molecule has 1 saturated carbocycles. The first-order chi connectivity index (χ1) is 18.2. The van der Waals surface area contributed by atoms with Gasteiger partial charge in [-0.2, -0.15) is 0 Å². The predicted molar refractivity (Wildman–Crippen MR) is 156 cm³/mol. The molecule has 212 valence electrons. The molecule has 0 amide bonds. The lowest BCUT2D eigenvalue weighted by atomic mass is 9.75. The number of carbonyl (C=O) groups excluding carboxylic acids is 1. The Morgan fingerprint density at radius 3 is 2.47 bits per heavy atom. The lowest BCUT2D eigenvalue weighted by Gasteiger charge is -2.36. The van der Waals surface area contributed by atoms with Crippen LogP contribution in [0.1, 0.15) is 104 Å². The second-order valence-corrected chi connectivity index (χ2v) is 12.8. The predicted octanol–water partition coefficient (Wildman–Crippen LogP) is 7.90. The van der Waals surface area contributed by atoms with Gasteiger partial charge in [0.15, 0.2) is 11.0 Å². The fraction of sp³-hybridized carbons (Fsp3) is 0.710. The van der Waals surface area contributed by atoms with Crippen LogP contribution in [0.2, 0.25) is 0 Å². The van der Waals surface area contributed by atoms with Gasteiger partial charge in [0.25, 0.3) is 0 Å². The van der Waals surface area contributed by atoms with Crippen molar-refractivity contribution >= 4 is 17.7 Å². The highest BCUT2D eigenvalue weighted by atomic mass is 32.2. The molecular weight excluding hydrogens is 494 g/mol. The molecule has 1 fully saturated rings. The molecule has 7 heteroatoms. The lowest BCUT2D eigenvalue weighted by Crippen LogP contribution is -2.36. The monoisotopic (exact) mass is 543 g/mol. The number of esters is 1. The van der Waals surface area contributed by atoms with Crippen molar-refractivity contribution in [1.29, 1.82) is 0 Å². The summed E-state index contributed by atoms with van der Waals surface area (Å²) in [5, 5.41) is 9.73. The van der Waals surface area contributed by atoms with E-state index in [0.717, 1.165) is 48.8 Å². The van der Waals surface area contributed by atoms with Crippen molar-refractivity contribution in [2.45, 2.75) is 117 Å². The summed E-state index contributed by atoms with van der Waals surface area (Å²) in [6, 6.07) is 8.42. The molecule has 0 spiro atoms. The van der Waals surface area contributed by atoms with E-state index in [1.165, 1.54) is 30.2 Å². The summed E-state index contributed by atoms with van der Waals surface area (Å²) >= 11 is 1.43. The number of hydrogen-bond donors (Lipinski definition) is 0. The van der Waals surface area contributed by atoms with Crippen molar-refractivity contribution in [2.24, 2.45) is 23.7 Å². The molecule has 1 heterocycles. The maximum absolute atomic E-state index is 12.9. The third kappa shape index (κ3) is 9.03. The number of rotatable bonds is 14. The molecule has 2 aromatic rings. The number of aryl methyl sites for hydroxylation is 1. The largest absolute Gasteiger partial charge is 0.486 e. The first kappa shape index (κ1) is 30.5. The van der Waals surface area contributed by atoms with Crippen molar-refractivity contribution in [1.82, 2.24) is 14.8 Å². The summed E-state index contributed by atoms with van der Waals surface area (Å²) in [4.78, 5) is 12.9. The molecule has 1 aromatic heterocycles. The zero-order chi connectivity index (χ0) is 27.7. The minimum Gasteiger partial charge on any atom is -0.486 e. The van der Waals surface area contributed by atoms with E-state index in [1.807, 2.05) is 12.1 Å². The Balaban J connectivity index is 1.67. The highest BCUT2D eigenvalue weighted by molar-refractivity contribution is 7.99. The Hall–Kier alpha value is -2.02. The van der Waals surface area contributed by atoms with Gasteiger partial charge in [0.1, 0.15) is 18.5 Å². The van der Waals surface area contributed by atoms with Crippen molar-refractivity contribution in [3.8, 4) is 5.75 Å². The van der Waals surface area contributed by atoms with Crippen LogP contribution in [0.4, 0.5) is 0 Å². The van der Waals surface area contributed by atoms with E-state index >= 15 is 0 Å². The lowest BCUT2D eigenvalue weighted by molar-refractivity contribution is -0.152. The van der Waals surface area contributed by atoms with Crippen molar-refractivity contribution in [3.63, 3.8) is 0 Å². The van der Waals surface area contributed by atoms with Crippen LogP contribution in [0, 0.1) is 23.7 Å². The normalized spacial score (nSPS) is 20.6. The molecule has 4 atom stereocenters. The molecule has 1 aromatic carbocycles. The zero-order valence-electron chi connectivity index (χ0n) is 24.6. The van der Waals surface area contributed by atoms with Gasteiger partial charge in [0.2, 0.25) is 0 Å². The first-order valence-electron chi connectivity index (χ1n) is 14.7. The fourth-order valence-electron chi connectivity index (χ4n) is 5.44. The van der Waals surface area contributed by atoms with E-state index in [-0.39, 0.29) is 23.9 Å². The van der Waals surface area contributed by atoms with Gasteiger partial charge in [-0.05, 0) is 74.0 Å². The number of nitrogens with zero attached hydrogens (tertiary/aromatic N) is 3. The maximum Gasteiger partial charge on any atom is 0.316 e. The average Bonchev–Trinajstić information content (AvgIpc) is 3.29. The Bertz CT molecular complexity index is 989. The number of thioether (sulfide) groups is 1. The number of aromatic nitrogens is 3. The van der Waals surface area contributed by atoms with Gasteiger partial charge in [-0.25, -0.2) is 0 Å². The molecule has 3 rings (SSSR count). The van der Waals surface area contributed by atoms with E-state index in [1.54, 1.807) is 0 Å². The zero-order valence-corrected chi connectivity index (χ0v) is 25.4. The standard InChI is InChI=1S/C31H49N3O3S/c1-8-25-13-15-26(16-14-25)36-19-29-32-33-31(34(29)24(7)11-9-10-21(2)3)38-20-30(35)37-28-18-23(6)12-17-27(28)22(4)5/h13-16,21-24,27-28H,8-12,17-20H2,1-7H3/t23-,24+,27+,28-/m1/s1. The number of ether oxygens (including phenoxy) is 2. The van der Waals surface area contributed by atoms with E-state index in [2.05, 4.69) is 75.4 Å².